The highest BCUT2D eigenvalue weighted by Crippen LogP contribution is 2.35. The first-order valence-electron chi connectivity index (χ1n) is 7.40. The lowest BCUT2D eigenvalue weighted by molar-refractivity contribution is -0.137. The molecular formula is C16H12F3N3O4. The number of hydrogen-bond acceptors (Lipinski definition) is 5. The molecule has 3 rings (SSSR count). The molecule has 7 nitrogen and oxygen atoms in total. The predicted molar refractivity (Wildman–Crippen MR) is 84.4 cm³/mol. The van der Waals surface area contributed by atoms with Crippen LogP contribution in [0.2, 0.25) is 0 Å². The molecule has 10 heteroatoms. The van der Waals surface area contributed by atoms with Gasteiger partial charge in [-0.05, 0) is 25.1 Å². The van der Waals surface area contributed by atoms with E-state index < -0.39 is 34.9 Å². The van der Waals surface area contributed by atoms with Crippen LogP contribution in [0.15, 0.2) is 29.1 Å². The normalized spacial score (nSPS) is 13.5. The largest absolute Gasteiger partial charge is 0.492 e. The zero-order valence-corrected chi connectivity index (χ0v) is 13.3. The van der Waals surface area contributed by atoms with Crippen LogP contribution < -0.4 is 21.3 Å². The molecule has 1 aliphatic heterocycles. The minimum atomic E-state index is -4.66. The second-order valence-electron chi connectivity index (χ2n) is 5.39. The van der Waals surface area contributed by atoms with Crippen molar-refractivity contribution in [2.45, 2.75) is 13.1 Å². The summed E-state index contributed by atoms with van der Waals surface area (Å²) >= 11 is 0. The fraction of sp³-hybridized carbons (Fsp3) is 0.188. The molecule has 0 radical (unpaired) electrons. The van der Waals surface area contributed by atoms with Crippen LogP contribution in [0.4, 0.5) is 19.0 Å². The van der Waals surface area contributed by atoms with E-state index in [0.717, 1.165) is 22.8 Å². The Bertz CT molecular complexity index is 995. The smallest absolute Gasteiger partial charge is 0.416 e. The van der Waals surface area contributed by atoms with Crippen molar-refractivity contribution in [1.82, 2.24) is 9.88 Å². The number of imide groups is 1. The van der Waals surface area contributed by atoms with Gasteiger partial charge in [0.2, 0.25) is 0 Å². The van der Waals surface area contributed by atoms with E-state index in [4.69, 9.17) is 10.5 Å². The lowest BCUT2D eigenvalue weighted by atomic mass is 10.1. The van der Waals surface area contributed by atoms with Crippen molar-refractivity contribution < 1.29 is 27.5 Å². The van der Waals surface area contributed by atoms with Crippen LogP contribution in [0.5, 0.6) is 5.75 Å². The molecule has 1 aromatic heterocycles. The van der Waals surface area contributed by atoms with Crippen LogP contribution in [0.3, 0.4) is 0 Å². The third kappa shape index (κ3) is 2.68. The number of carbonyl (C=O) groups excluding carboxylic acids is 2. The molecule has 2 heterocycles. The molecule has 2 aromatic rings. The van der Waals surface area contributed by atoms with Crippen LogP contribution >= 0.6 is 0 Å². The van der Waals surface area contributed by atoms with Crippen molar-refractivity contribution in [3.63, 3.8) is 0 Å². The number of rotatable bonds is 3. The highest BCUT2D eigenvalue weighted by molar-refractivity contribution is 6.23. The van der Waals surface area contributed by atoms with Gasteiger partial charge in [0.1, 0.15) is 11.6 Å². The van der Waals surface area contributed by atoms with Gasteiger partial charge in [-0.3, -0.25) is 24.3 Å². The van der Waals surface area contributed by atoms with Crippen molar-refractivity contribution in [3.05, 3.63) is 51.3 Å². The minimum Gasteiger partial charge on any atom is -0.492 e. The summed E-state index contributed by atoms with van der Waals surface area (Å²) in [5.41, 5.74) is 3.19. The molecule has 0 fully saturated rings. The third-order valence-electron chi connectivity index (χ3n) is 3.78. The Kier molecular flexibility index (Phi) is 3.98. The van der Waals surface area contributed by atoms with E-state index in [1.165, 1.54) is 0 Å². The first-order chi connectivity index (χ1) is 12.1. The molecule has 2 amide bonds. The first-order valence-corrected chi connectivity index (χ1v) is 7.40. The number of nitrogens with zero attached hydrogens (tertiary/aromatic N) is 1. The van der Waals surface area contributed by atoms with Crippen LogP contribution in [0, 0.1) is 0 Å². The van der Waals surface area contributed by atoms with Gasteiger partial charge in [0.05, 0.1) is 29.0 Å². The maximum atomic E-state index is 13.1. The Morgan fingerprint density at radius 3 is 2.46 bits per heavy atom. The second kappa shape index (κ2) is 5.90. The second-order valence-corrected chi connectivity index (χ2v) is 5.39. The van der Waals surface area contributed by atoms with Crippen LogP contribution in [0.1, 0.15) is 33.2 Å². The number of nitrogen functional groups attached to an aromatic ring is 1. The Labute approximate surface area is 144 Å². The van der Waals surface area contributed by atoms with Gasteiger partial charge in [0.25, 0.3) is 17.4 Å². The number of hydrogen-bond donors (Lipinski definition) is 2. The molecule has 0 bridgehead atoms. The number of pyridine rings is 1. The summed E-state index contributed by atoms with van der Waals surface area (Å²) in [5.74, 6) is -2.11. The lowest BCUT2D eigenvalue weighted by Crippen LogP contribution is -2.25. The van der Waals surface area contributed by atoms with Gasteiger partial charge in [0.15, 0.2) is 0 Å². The summed E-state index contributed by atoms with van der Waals surface area (Å²) in [6.07, 6.45) is -4.66. The number of halogens is 3. The Morgan fingerprint density at radius 1 is 1.15 bits per heavy atom. The van der Waals surface area contributed by atoms with Crippen molar-refractivity contribution in [1.29, 1.82) is 0 Å². The maximum absolute atomic E-state index is 13.1. The van der Waals surface area contributed by atoms with E-state index >= 15 is 0 Å². The number of amides is 2. The fourth-order valence-electron chi connectivity index (χ4n) is 2.67. The number of alkyl halides is 3. The fourth-order valence-corrected chi connectivity index (χ4v) is 2.67. The number of carbonyl (C=O) groups is 2. The van der Waals surface area contributed by atoms with Crippen LogP contribution in [-0.2, 0) is 6.18 Å². The number of fused-ring (bicyclic) bond motifs is 1. The first kappa shape index (κ1) is 17.5. The van der Waals surface area contributed by atoms with E-state index in [-0.39, 0.29) is 29.2 Å². The average Bonchev–Trinajstić information content (AvgIpc) is 2.82. The van der Waals surface area contributed by atoms with E-state index in [0.29, 0.717) is 6.07 Å². The highest BCUT2D eigenvalue weighted by atomic mass is 19.4. The van der Waals surface area contributed by atoms with Gasteiger partial charge in [0, 0.05) is 6.07 Å². The van der Waals surface area contributed by atoms with Crippen molar-refractivity contribution in [3.8, 4) is 11.4 Å². The summed E-state index contributed by atoms with van der Waals surface area (Å²) in [7, 11) is 0. The number of nitrogens with two attached hydrogens (primary N) is 1. The van der Waals surface area contributed by atoms with E-state index in [1.54, 1.807) is 6.92 Å². The third-order valence-corrected chi connectivity index (χ3v) is 3.78. The summed E-state index contributed by atoms with van der Waals surface area (Å²) in [6, 6.07) is 3.41. The number of anilines is 1. The van der Waals surface area contributed by atoms with Gasteiger partial charge < -0.3 is 10.5 Å². The minimum absolute atomic E-state index is 0.0287. The number of benzene rings is 1. The quantitative estimate of drug-likeness (QED) is 0.804. The summed E-state index contributed by atoms with van der Waals surface area (Å²) in [6.45, 7) is 1.74. The zero-order chi connectivity index (χ0) is 19.2. The van der Waals surface area contributed by atoms with Gasteiger partial charge >= 0.3 is 6.18 Å². The standard InChI is InChI=1S/C16H12F3N3O4/c1-2-26-10-4-3-7(16(17,18)19)5-9(10)22-11(23)6-8-12(13(22)20)15(25)21-14(8)24/h3-6H,2,20H2,1H3,(H,21,24,25). The average molecular weight is 367 g/mol. The Hall–Kier alpha value is -3.30. The van der Waals surface area contributed by atoms with Crippen molar-refractivity contribution in [2.24, 2.45) is 0 Å². The molecule has 0 unspecified atom stereocenters. The molecule has 0 aliphatic carbocycles. The SMILES string of the molecule is CCOc1ccc(C(F)(F)F)cc1-n1c(N)c2c(cc1=O)C(=O)NC2=O. The van der Waals surface area contributed by atoms with Gasteiger partial charge in [-0.15, -0.1) is 0 Å². The molecule has 1 aliphatic rings. The molecule has 0 spiro atoms. The monoisotopic (exact) mass is 367 g/mol. The number of nitrogens with one attached hydrogen (secondary N) is 1. The van der Waals surface area contributed by atoms with Gasteiger partial charge in [-0.2, -0.15) is 13.2 Å². The molecule has 0 saturated carbocycles. The summed E-state index contributed by atoms with van der Waals surface area (Å²) < 4.78 is 45.2. The summed E-state index contributed by atoms with van der Waals surface area (Å²) in [5, 5.41) is 1.98. The van der Waals surface area contributed by atoms with E-state index in [1.807, 2.05) is 5.32 Å². The number of ether oxygens (including phenoxy) is 1. The summed E-state index contributed by atoms with van der Waals surface area (Å²) in [4.78, 5) is 36.0. The molecule has 136 valence electrons. The van der Waals surface area contributed by atoms with Crippen LogP contribution in [0.25, 0.3) is 5.69 Å². The molecule has 1 aromatic carbocycles. The Morgan fingerprint density at radius 2 is 1.85 bits per heavy atom. The van der Waals surface area contributed by atoms with Crippen molar-refractivity contribution in [2.75, 3.05) is 12.3 Å². The predicted octanol–water partition coefficient (Wildman–Crippen LogP) is 1.72. The molecule has 26 heavy (non-hydrogen) atoms. The Balaban J connectivity index is 2.33. The van der Waals surface area contributed by atoms with Gasteiger partial charge in [-0.1, -0.05) is 0 Å². The highest BCUT2D eigenvalue weighted by Gasteiger charge is 2.34. The van der Waals surface area contributed by atoms with Crippen LogP contribution in [-0.4, -0.2) is 23.0 Å². The molecule has 3 N–H and O–H groups in total. The topological polar surface area (TPSA) is 103 Å². The molecule has 0 saturated heterocycles. The van der Waals surface area contributed by atoms with Crippen molar-refractivity contribution >= 4 is 17.6 Å². The van der Waals surface area contributed by atoms with Gasteiger partial charge in [-0.25, -0.2) is 0 Å². The lowest BCUT2D eigenvalue weighted by Gasteiger charge is -2.17. The maximum Gasteiger partial charge on any atom is 0.416 e. The zero-order valence-electron chi connectivity index (χ0n) is 13.3. The number of aromatic nitrogens is 1. The van der Waals surface area contributed by atoms with E-state index in [9.17, 15) is 27.6 Å². The molecule has 0 atom stereocenters. The molecular weight excluding hydrogens is 355 g/mol. The van der Waals surface area contributed by atoms with E-state index in [2.05, 4.69) is 0 Å².